The fourth-order valence-corrected chi connectivity index (χ4v) is 1.54. The summed E-state index contributed by atoms with van der Waals surface area (Å²) in [5.41, 5.74) is 2.36. The topological polar surface area (TPSA) is 35.0 Å². The zero-order valence-electron chi connectivity index (χ0n) is 10.3. The number of nitrogens with zero attached hydrogens (tertiary/aromatic N) is 2. The fourth-order valence-electron chi connectivity index (χ4n) is 1.54. The van der Waals surface area contributed by atoms with Gasteiger partial charge in [0.15, 0.2) is 0 Å². The zero-order valence-corrected chi connectivity index (χ0v) is 10.3. The number of hydrogen-bond acceptors (Lipinski definition) is 3. The van der Waals surface area contributed by atoms with Crippen molar-refractivity contribution in [3.05, 3.63) is 47.7 Å². The van der Waals surface area contributed by atoms with E-state index < -0.39 is 0 Å². The summed E-state index contributed by atoms with van der Waals surface area (Å²) in [7, 11) is 0. The molecule has 3 heteroatoms. The molecule has 0 fully saturated rings. The first kappa shape index (κ1) is 11.6. The molecule has 88 valence electrons. The van der Waals surface area contributed by atoms with Crippen LogP contribution in [0.1, 0.15) is 30.9 Å². The summed E-state index contributed by atoms with van der Waals surface area (Å²) in [5, 5.41) is 7.71. The third-order valence-corrected chi connectivity index (χ3v) is 2.64. The van der Waals surface area contributed by atoms with Gasteiger partial charge in [-0.05, 0) is 36.1 Å². The van der Waals surface area contributed by atoms with Crippen LogP contribution in [-0.2, 0) is 0 Å². The van der Waals surface area contributed by atoms with E-state index in [0.29, 0.717) is 11.8 Å². The molecule has 0 amide bonds. The molecule has 0 atom stereocenters. The molecule has 0 aliphatic rings. The van der Waals surface area contributed by atoms with Crippen molar-refractivity contribution in [1.82, 2.24) is 10.2 Å². The standard InChI is InChI=1S/C14H16N2O/c1-10(2)12-7-6-11(3)13(9-12)17-14-5-4-8-15-16-14/h4-10H,1-3H3. The minimum absolute atomic E-state index is 0.486. The zero-order chi connectivity index (χ0) is 12.3. The third-order valence-electron chi connectivity index (χ3n) is 2.64. The first-order valence-corrected chi connectivity index (χ1v) is 5.73. The van der Waals surface area contributed by atoms with Gasteiger partial charge in [0.2, 0.25) is 5.88 Å². The van der Waals surface area contributed by atoms with Crippen molar-refractivity contribution in [1.29, 1.82) is 0 Å². The maximum absolute atomic E-state index is 5.73. The molecule has 0 spiro atoms. The van der Waals surface area contributed by atoms with Gasteiger partial charge in [-0.1, -0.05) is 26.0 Å². The predicted octanol–water partition coefficient (Wildman–Crippen LogP) is 3.70. The highest BCUT2D eigenvalue weighted by atomic mass is 16.5. The quantitative estimate of drug-likeness (QED) is 0.803. The van der Waals surface area contributed by atoms with Crippen molar-refractivity contribution < 1.29 is 4.74 Å². The second-order valence-corrected chi connectivity index (χ2v) is 4.34. The van der Waals surface area contributed by atoms with Gasteiger partial charge in [-0.2, -0.15) is 5.10 Å². The molecule has 0 radical (unpaired) electrons. The molecule has 0 saturated heterocycles. The lowest BCUT2D eigenvalue weighted by atomic mass is 10.0. The molecule has 0 aliphatic heterocycles. The van der Waals surface area contributed by atoms with Gasteiger partial charge >= 0.3 is 0 Å². The number of ether oxygens (including phenoxy) is 1. The van der Waals surface area contributed by atoms with Gasteiger partial charge in [-0.25, -0.2) is 0 Å². The molecular formula is C14H16N2O. The van der Waals surface area contributed by atoms with Crippen molar-refractivity contribution in [2.24, 2.45) is 0 Å². The van der Waals surface area contributed by atoms with Gasteiger partial charge in [0.05, 0.1) is 0 Å². The van der Waals surface area contributed by atoms with E-state index in [9.17, 15) is 0 Å². The molecule has 0 N–H and O–H groups in total. The van der Waals surface area contributed by atoms with Crippen LogP contribution in [0.4, 0.5) is 0 Å². The van der Waals surface area contributed by atoms with E-state index in [-0.39, 0.29) is 0 Å². The number of hydrogen-bond donors (Lipinski definition) is 0. The number of rotatable bonds is 3. The first-order valence-electron chi connectivity index (χ1n) is 5.73. The van der Waals surface area contributed by atoms with Crippen LogP contribution in [-0.4, -0.2) is 10.2 Å². The molecule has 1 aromatic heterocycles. The Kier molecular flexibility index (Phi) is 3.38. The summed E-state index contributed by atoms with van der Waals surface area (Å²) in [6.07, 6.45) is 1.63. The van der Waals surface area contributed by atoms with Crippen LogP contribution in [0.2, 0.25) is 0 Å². The average Bonchev–Trinajstić information content (AvgIpc) is 2.33. The van der Waals surface area contributed by atoms with E-state index in [1.165, 1.54) is 5.56 Å². The van der Waals surface area contributed by atoms with E-state index >= 15 is 0 Å². The number of aromatic nitrogens is 2. The smallest absolute Gasteiger partial charge is 0.238 e. The molecule has 1 aromatic carbocycles. The van der Waals surface area contributed by atoms with Gasteiger partial charge in [0.1, 0.15) is 5.75 Å². The Labute approximate surface area is 101 Å². The van der Waals surface area contributed by atoms with Crippen LogP contribution in [0.25, 0.3) is 0 Å². The summed E-state index contributed by atoms with van der Waals surface area (Å²) >= 11 is 0. The lowest BCUT2D eigenvalue weighted by Gasteiger charge is -2.11. The average molecular weight is 228 g/mol. The van der Waals surface area contributed by atoms with Crippen molar-refractivity contribution in [2.75, 3.05) is 0 Å². The van der Waals surface area contributed by atoms with Crippen LogP contribution < -0.4 is 4.74 Å². The molecular weight excluding hydrogens is 212 g/mol. The van der Waals surface area contributed by atoms with Gasteiger partial charge < -0.3 is 4.74 Å². The van der Waals surface area contributed by atoms with E-state index in [0.717, 1.165) is 11.3 Å². The van der Waals surface area contributed by atoms with Gasteiger partial charge in [-0.3, -0.25) is 0 Å². The SMILES string of the molecule is Cc1ccc(C(C)C)cc1Oc1cccnn1. The third kappa shape index (κ3) is 2.81. The molecule has 3 nitrogen and oxygen atoms in total. The molecule has 2 aromatic rings. The largest absolute Gasteiger partial charge is 0.437 e. The lowest BCUT2D eigenvalue weighted by molar-refractivity contribution is 0.451. The Morgan fingerprint density at radius 2 is 2.00 bits per heavy atom. The predicted molar refractivity (Wildman–Crippen MR) is 67.4 cm³/mol. The number of benzene rings is 1. The Hall–Kier alpha value is -1.90. The monoisotopic (exact) mass is 228 g/mol. The summed E-state index contributed by atoms with van der Waals surface area (Å²) in [4.78, 5) is 0. The van der Waals surface area contributed by atoms with Crippen LogP contribution in [0.15, 0.2) is 36.5 Å². The lowest BCUT2D eigenvalue weighted by Crippen LogP contribution is -1.94. The van der Waals surface area contributed by atoms with Crippen molar-refractivity contribution >= 4 is 0 Å². The maximum atomic E-state index is 5.73. The first-order chi connectivity index (χ1) is 8.16. The molecule has 0 aliphatic carbocycles. The van der Waals surface area contributed by atoms with Crippen LogP contribution in [0.3, 0.4) is 0 Å². The molecule has 1 heterocycles. The Bertz CT molecular complexity index is 495. The van der Waals surface area contributed by atoms with Crippen molar-refractivity contribution in [3.63, 3.8) is 0 Å². The minimum atomic E-state index is 0.486. The highest BCUT2D eigenvalue weighted by Gasteiger charge is 2.06. The summed E-state index contributed by atoms with van der Waals surface area (Å²) in [5.74, 6) is 1.85. The normalized spacial score (nSPS) is 10.6. The van der Waals surface area contributed by atoms with Crippen molar-refractivity contribution in [2.45, 2.75) is 26.7 Å². The van der Waals surface area contributed by atoms with Gasteiger partial charge in [-0.15, -0.1) is 5.10 Å². The summed E-state index contributed by atoms with van der Waals surface area (Å²) in [6.45, 7) is 6.35. The van der Waals surface area contributed by atoms with Crippen LogP contribution >= 0.6 is 0 Å². The van der Waals surface area contributed by atoms with Gasteiger partial charge in [0.25, 0.3) is 0 Å². The van der Waals surface area contributed by atoms with E-state index in [2.05, 4.69) is 42.2 Å². The highest BCUT2D eigenvalue weighted by Crippen LogP contribution is 2.27. The fraction of sp³-hybridized carbons (Fsp3) is 0.286. The maximum Gasteiger partial charge on any atom is 0.238 e. The van der Waals surface area contributed by atoms with E-state index in [1.54, 1.807) is 12.3 Å². The number of aryl methyl sites for hydroxylation is 1. The summed E-state index contributed by atoms with van der Waals surface area (Å²) in [6, 6.07) is 9.87. The minimum Gasteiger partial charge on any atom is -0.437 e. The van der Waals surface area contributed by atoms with Gasteiger partial charge in [0, 0.05) is 12.3 Å². The molecule has 0 bridgehead atoms. The molecule has 2 rings (SSSR count). The van der Waals surface area contributed by atoms with Crippen LogP contribution in [0.5, 0.6) is 11.6 Å². The Morgan fingerprint density at radius 1 is 1.18 bits per heavy atom. The van der Waals surface area contributed by atoms with Crippen LogP contribution in [0, 0.1) is 6.92 Å². The second-order valence-electron chi connectivity index (χ2n) is 4.34. The molecule has 0 unspecified atom stereocenters. The molecule has 0 saturated carbocycles. The van der Waals surface area contributed by atoms with Crippen molar-refractivity contribution in [3.8, 4) is 11.6 Å². The summed E-state index contributed by atoms with van der Waals surface area (Å²) < 4.78 is 5.73. The van der Waals surface area contributed by atoms with E-state index in [4.69, 9.17) is 4.74 Å². The highest BCUT2D eigenvalue weighted by molar-refractivity contribution is 5.39. The Morgan fingerprint density at radius 3 is 2.65 bits per heavy atom. The Balaban J connectivity index is 2.29. The van der Waals surface area contributed by atoms with E-state index in [1.807, 2.05) is 13.0 Å². The molecule has 17 heavy (non-hydrogen) atoms. The second kappa shape index (κ2) is 4.95.